The standard InChI is InChI=1S/C13H15FN2O2/c14-11-4-2-1-3-9(11)7-13(18)16-10-5-6-15-12(17)8-10/h1-4,10H,5-8H2,(H,15,17)(H,16,18). The van der Waals surface area contributed by atoms with E-state index in [-0.39, 0.29) is 30.1 Å². The average molecular weight is 250 g/mol. The summed E-state index contributed by atoms with van der Waals surface area (Å²) in [6.07, 6.45) is 1.02. The Morgan fingerprint density at radius 1 is 1.44 bits per heavy atom. The molecular formula is C13H15FN2O2. The first-order valence-corrected chi connectivity index (χ1v) is 5.94. The summed E-state index contributed by atoms with van der Waals surface area (Å²) >= 11 is 0. The highest BCUT2D eigenvalue weighted by Gasteiger charge is 2.20. The molecule has 1 aliphatic rings. The lowest BCUT2D eigenvalue weighted by atomic mass is 10.1. The fourth-order valence-electron chi connectivity index (χ4n) is 2.00. The van der Waals surface area contributed by atoms with Gasteiger partial charge in [0.1, 0.15) is 5.82 Å². The molecule has 96 valence electrons. The van der Waals surface area contributed by atoms with Gasteiger partial charge in [0, 0.05) is 19.0 Å². The third-order valence-corrected chi connectivity index (χ3v) is 2.92. The molecule has 1 aromatic carbocycles. The summed E-state index contributed by atoms with van der Waals surface area (Å²) in [6, 6.07) is 6.05. The van der Waals surface area contributed by atoms with Gasteiger partial charge in [-0.2, -0.15) is 0 Å². The highest BCUT2D eigenvalue weighted by Crippen LogP contribution is 2.08. The van der Waals surface area contributed by atoms with Crippen LogP contribution in [0.25, 0.3) is 0 Å². The molecule has 5 heteroatoms. The molecule has 1 aliphatic heterocycles. The van der Waals surface area contributed by atoms with Crippen LogP contribution in [0.4, 0.5) is 4.39 Å². The topological polar surface area (TPSA) is 58.2 Å². The van der Waals surface area contributed by atoms with E-state index < -0.39 is 0 Å². The Hall–Kier alpha value is -1.91. The van der Waals surface area contributed by atoms with Gasteiger partial charge in [-0.1, -0.05) is 18.2 Å². The van der Waals surface area contributed by atoms with Gasteiger partial charge in [-0.3, -0.25) is 9.59 Å². The summed E-state index contributed by atoms with van der Waals surface area (Å²) in [5.74, 6) is -0.689. The van der Waals surface area contributed by atoms with E-state index >= 15 is 0 Å². The summed E-state index contributed by atoms with van der Waals surface area (Å²) in [5.41, 5.74) is 0.371. The number of piperidine rings is 1. The molecule has 0 saturated carbocycles. The van der Waals surface area contributed by atoms with Gasteiger partial charge in [0.05, 0.1) is 6.42 Å². The van der Waals surface area contributed by atoms with Crippen LogP contribution in [0.3, 0.4) is 0 Å². The number of carbonyl (C=O) groups excluding carboxylic acids is 2. The van der Waals surface area contributed by atoms with Gasteiger partial charge in [-0.15, -0.1) is 0 Å². The second kappa shape index (κ2) is 5.62. The quantitative estimate of drug-likeness (QED) is 0.832. The van der Waals surface area contributed by atoms with E-state index in [1.807, 2.05) is 0 Å². The SMILES string of the molecule is O=C1CC(NC(=O)Cc2ccccc2F)CCN1. The summed E-state index contributed by atoms with van der Waals surface area (Å²) in [4.78, 5) is 22.9. The maximum absolute atomic E-state index is 13.3. The number of rotatable bonds is 3. The van der Waals surface area contributed by atoms with Crippen molar-refractivity contribution in [3.63, 3.8) is 0 Å². The third kappa shape index (κ3) is 3.29. The molecule has 4 nitrogen and oxygen atoms in total. The van der Waals surface area contributed by atoms with Gasteiger partial charge >= 0.3 is 0 Å². The van der Waals surface area contributed by atoms with E-state index in [4.69, 9.17) is 0 Å². The van der Waals surface area contributed by atoms with E-state index in [2.05, 4.69) is 10.6 Å². The Morgan fingerprint density at radius 2 is 2.22 bits per heavy atom. The molecule has 0 bridgehead atoms. The van der Waals surface area contributed by atoms with Gasteiger partial charge in [-0.05, 0) is 18.1 Å². The van der Waals surface area contributed by atoms with Crippen molar-refractivity contribution >= 4 is 11.8 Å². The van der Waals surface area contributed by atoms with Crippen molar-refractivity contribution in [2.75, 3.05) is 6.54 Å². The zero-order valence-electron chi connectivity index (χ0n) is 9.91. The Kier molecular flexibility index (Phi) is 3.92. The molecule has 1 aromatic rings. The minimum absolute atomic E-state index is 0.00475. The van der Waals surface area contributed by atoms with Crippen LogP contribution in [-0.2, 0) is 16.0 Å². The van der Waals surface area contributed by atoms with Crippen molar-refractivity contribution in [2.45, 2.75) is 25.3 Å². The Labute approximate surface area is 105 Å². The minimum atomic E-state index is -0.381. The molecule has 1 fully saturated rings. The maximum atomic E-state index is 13.3. The van der Waals surface area contributed by atoms with Crippen LogP contribution in [-0.4, -0.2) is 24.4 Å². The molecule has 2 N–H and O–H groups in total. The van der Waals surface area contributed by atoms with Crippen LogP contribution in [0.1, 0.15) is 18.4 Å². The molecule has 18 heavy (non-hydrogen) atoms. The van der Waals surface area contributed by atoms with Gasteiger partial charge in [0.2, 0.25) is 11.8 Å². The molecule has 0 radical (unpaired) electrons. The minimum Gasteiger partial charge on any atom is -0.356 e. The van der Waals surface area contributed by atoms with Gasteiger partial charge < -0.3 is 10.6 Å². The number of amides is 2. The number of carbonyl (C=O) groups is 2. The zero-order chi connectivity index (χ0) is 13.0. The molecular weight excluding hydrogens is 235 g/mol. The first kappa shape index (κ1) is 12.5. The predicted octanol–water partition coefficient (Wildman–Crippen LogP) is 0.763. The molecule has 0 aromatic heterocycles. The van der Waals surface area contributed by atoms with E-state index in [0.717, 1.165) is 6.42 Å². The zero-order valence-corrected chi connectivity index (χ0v) is 9.91. The number of nitrogens with one attached hydrogen (secondary N) is 2. The lowest BCUT2D eigenvalue weighted by Crippen LogP contribution is -2.45. The monoisotopic (exact) mass is 250 g/mol. The summed E-state index contributed by atoms with van der Waals surface area (Å²) in [6.45, 7) is 0.573. The molecule has 2 amide bonds. The van der Waals surface area contributed by atoms with E-state index in [9.17, 15) is 14.0 Å². The van der Waals surface area contributed by atoms with Crippen LogP contribution in [0.5, 0.6) is 0 Å². The number of halogens is 1. The normalized spacial score (nSPS) is 19.2. The van der Waals surface area contributed by atoms with Crippen LogP contribution >= 0.6 is 0 Å². The molecule has 1 unspecified atom stereocenters. The van der Waals surface area contributed by atoms with Crippen LogP contribution in [0.15, 0.2) is 24.3 Å². The fraction of sp³-hybridized carbons (Fsp3) is 0.385. The van der Waals surface area contributed by atoms with Crippen molar-refractivity contribution in [2.24, 2.45) is 0 Å². The highest BCUT2D eigenvalue weighted by molar-refractivity contribution is 5.81. The second-order valence-electron chi connectivity index (χ2n) is 4.38. The summed E-state index contributed by atoms with van der Waals surface area (Å²) in [5, 5.41) is 5.45. The van der Waals surface area contributed by atoms with E-state index in [1.165, 1.54) is 6.07 Å². The van der Waals surface area contributed by atoms with Crippen molar-refractivity contribution in [1.82, 2.24) is 10.6 Å². The van der Waals surface area contributed by atoms with Gasteiger partial charge in [0.15, 0.2) is 0 Å². The lowest BCUT2D eigenvalue weighted by molar-refractivity contribution is -0.124. The van der Waals surface area contributed by atoms with Gasteiger partial charge in [-0.25, -0.2) is 4.39 Å². The number of hydrogen-bond donors (Lipinski definition) is 2. The molecule has 1 atom stereocenters. The van der Waals surface area contributed by atoms with E-state index in [0.29, 0.717) is 18.5 Å². The number of hydrogen-bond acceptors (Lipinski definition) is 2. The smallest absolute Gasteiger partial charge is 0.224 e. The first-order valence-electron chi connectivity index (χ1n) is 5.94. The molecule has 0 aliphatic carbocycles. The Bertz CT molecular complexity index is 462. The number of benzene rings is 1. The van der Waals surface area contributed by atoms with Crippen molar-refractivity contribution in [3.05, 3.63) is 35.6 Å². The van der Waals surface area contributed by atoms with Crippen LogP contribution < -0.4 is 10.6 Å². The second-order valence-corrected chi connectivity index (χ2v) is 4.38. The largest absolute Gasteiger partial charge is 0.356 e. The Balaban J connectivity index is 1.89. The maximum Gasteiger partial charge on any atom is 0.224 e. The molecule has 2 rings (SSSR count). The Morgan fingerprint density at radius 3 is 2.94 bits per heavy atom. The fourth-order valence-corrected chi connectivity index (χ4v) is 2.00. The van der Waals surface area contributed by atoms with Crippen molar-refractivity contribution in [3.8, 4) is 0 Å². The molecule has 0 spiro atoms. The van der Waals surface area contributed by atoms with Crippen LogP contribution in [0, 0.1) is 5.82 Å². The lowest BCUT2D eigenvalue weighted by Gasteiger charge is -2.23. The van der Waals surface area contributed by atoms with Crippen LogP contribution in [0.2, 0.25) is 0 Å². The van der Waals surface area contributed by atoms with Crippen molar-refractivity contribution < 1.29 is 14.0 Å². The molecule has 1 saturated heterocycles. The summed E-state index contributed by atoms with van der Waals surface area (Å²) < 4.78 is 13.3. The van der Waals surface area contributed by atoms with Crippen molar-refractivity contribution in [1.29, 1.82) is 0 Å². The highest BCUT2D eigenvalue weighted by atomic mass is 19.1. The third-order valence-electron chi connectivity index (χ3n) is 2.92. The predicted molar refractivity (Wildman–Crippen MR) is 64.3 cm³/mol. The first-order chi connectivity index (χ1) is 8.65. The average Bonchev–Trinajstić information content (AvgIpc) is 2.32. The van der Waals surface area contributed by atoms with E-state index in [1.54, 1.807) is 18.2 Å². The molecule has 1 heterocycles. The summed E-state index contributed by atoms with van der Waals surface area (Å²) in [7, 11) is 0. The van der Waals surface area contributed by atoms with Gasteiger partial charge in [0.25, 0.3) is 0 Å².